The lowest BCUT2D eigenvalue weighted by molar-refractivity contribution is 0.0967. The zero-order valence-electron chi connectivity index (χ0n) is 9.68. The van der Waals surface area contributed by atoms with Crippen LogP contribution in [0.25, 0.3) is 12.2 Å². The first-order chi connectivity index (χ1) is 8.70. The number of amides is 1. The third-order valence-electron chi connectivity index (χ3n) is 2.29. The van der Waals surface area contributed by atoms with Crippen molar-refractivity contribution < 1.29 is 9.18 Å². The standard InChI is InChI=1S/C13H11FN2OS/c1-15-13(17)11-8-16-12(18-11)7-6-9-4-2-3-5-10(9)14/h2-8H,1H3,(H,15,17). The molecule has 1 aromatic heterocycles. The van der Waals surface area contributed by atoms with E-state index in [0.717, 1.165) is 0 Å². The number of hydrogen-bond donors (Lipinski definition) is 1. The summed E-state index contributed by atoms with van der Waals surface area (Å²) >= 11 is 1.26. The first kappa shape index (κ1) is 12.4. The lowest BCUT2D eigenvalue weighted by atomic mass is 10.2. The molecule has 0 fully saturated rings. The molecule has 92 valence electrons. The highest BCUT2D eigenvalue weighted by Crippen LogP contribution is 2.16. The van der Waals surface area contributed by atoms with Gasteiger partial charge in [-0.2, -0.15) is 0 Å². The lowest BCUT2D eigenvalue weighted by Crippen LogP contribution is -2.16. The van der Waals surface area contributed by atoms with E-state index in [1.165, 1.54) is 23.6 Å². The van der Waals surface area contributed by atoms with Gasteiger partial charge in [0.2, 0.25) is 0 Å². The van der Waals surface area contributed by atoms with E-state index in [4.69, 9.17) is 0 Å². The Kier molecular flexibility index (Phi) is 3.84. The number of carbonyl (C=O) groups is 1. The summed E-state index contributed by atoms with van der Waals surface area (Å²) in [5.74, 6) is -0.449. The van der Waals surface area contributed by atoms with E-state index >= 15 is 0 Å². The Hall–Kier alpha value is -2.01. The topological polar surface area (TPSA) is 42.0 Å². The summed E-state index contributed by atoms with van der Waals surface area (Å²) in [6.45, 7) is 0. The molecule has 0 saturated heterocycles. The van der Waals surface area contributed by atoms with Gasteiger partial charge in [-0.25, -0.2) is 9.37 Å². The second-order valence-electron chi connectivity index (χ2n) is 3.50. The largest absolute Gasteiger partial charge is 0.354 e. The number of thiazole rings is 1. The van der Waals surface area contributed by atoms with Crippen molar-refractivity contribution in [3.05, 3.63) is 51.7 Å². The fourth-order valence-corrected chi connectivity index (χ4v) is 2.13. The van der Waals surface area contributed by atoms with Crippen LogP contribution >= 0.6 is 11.3 Å². The normalized spacial score (nSPS) is 10.8. The Labute approximate surface area is 108 Å². The van der Waals surface area contributed by atoms with Crippen LogP contribution in [0, 0.1) is 5.82 Å². The van der Waals surface area contributed by atoms with Crippen LogP contribution in [0.2, 0.25) is 0 Å². The number of hydrogen-bond acceptors (Lipinski definition) is 3. The number of rotatable bonds is 3. The van der Waals surface area contributed by atoms with Crippen LogP contribution in [0.4, 0.5) is 4.39 Å². The van der Waals surface area contributed by atoms with E-state index in [1.807, 2.05) is 0 Å². The van der Waals surface area contributed by atoms with Gasteiger partial charge in [0.25, 0.3) is 5.91 Å². The SMILES string of the molecule is CNC(=O)c1cnc(C=Cc2ccccc2F)s1. The number of carbonyl (C=O) groups excluding carboxylic acids is 1. The van der Waals surface area contributed by atoms with Gasteiger partial charge in [0.05, 0.1) is 6.20 Å². The van der Waals surface area contributed by atoms with E-state index < -0.39 is 0 Å². The van der Waals surface area contributed by atoms with Crippen molar-refractivity contribution in [3.8, 4) is 0 Å². The molecule has 2 rings (SSSR count). The molecule has 0 atom stereocenters. The molecular weight excluding hydrogens is 251 g/mol. The van der Waals surface area contributed by atoms with Crippen molar-refractivity contribution >= 4 is 29.4 Å². The quantitative estimate of drug-likeness (QED) is 0.924. The minimum atomic E-state index is -0.281. The first-order valence-corrected chi connectivity index (χ1v) is 6.13. The molecule has 0 radical (unpaired) electrons. The van der Waals surface area contributed by atoms with Crippen LogP contribution in [-0.2, 0) is 0 Å². The maximum atomic E-state index is 13.3. The summed E-state index contributed by atoms with van der Waals surface area (Å²) in [7, 11) is 1.57. The van der Waals surface area contributed by atoms with Gasteiger partial charge in [0, 0.05) is 12.6 Å². The van der Waals surface area contributed by atoms with E-state index in [2.05, 4.69) is 10.3 Å². The van der Waals surface area contributed by atoms with Crippen molar-refractivity contribution in [3.63, 3.8) is 0 Å². The molecule has 5 heteroatoms. The molecule has 0 bridgehead atoms. The fourth-order valence-electron chi connectivity index (χ4n) is 1.36. The molecule has 18 heavy (non-hydrogen) atoms. The first-order valence-electron chi connectivity index (χ1n) is 5.31. The Morgan fingerprint density at radius 3 is 2.89 bits per heavy atom. The van der Waals surface area contributed by atoms with Crippen LogP contribution in [0.15, 0.2) is 30.5 Å². The van der Waals surface area contributed by atoms with Crippen molar-refractivity contribution in [2.75, 3.05) is 7.05 Å². The highest BCUT2D eigenvalue weighted by atomic mass is 32.1. The van der Waals surface area contributed by atoms with Gasteiger partial charge >= 0.3 is 0 Å². The predicted octanol–water partition coefficient (Wildman–Crippen LogP) is 2.81. The average molecular weight is 262 g/mol. The second-order valence-corrected chi connectivity index (χ2v) is 4.56. The minimum Gasteiger partial charge on any atom is -0.354 e. The molecule has 0 spiro atoms. The summed E-state index contributed by atoms with van der Waals surface area (Å²) in [6, 6.07) is 6.48. The van der Waals surface area contributed by atoms with Crippen molar-refractivity contribution in [1.82, 2.24) is 10.3 Å². The zero-order chi connectivity index (χ0) is 13.0. The third kappa shape index (κ3) is 2.81. The maximum absolute atomic E-state index is 13.3. The van der Waals surface area contributed by atoms with Gasteiger partial charge in [-0.3, -0.25) is 4.79 Å². The molecule has 1 aromatic carbocycles. The van der Waals surface area contributed by atoms with E-state index in [-0.39, 0.29) is 11.7 Å². The zero-order valence-corrected chi connectivity index (χ0v) is 10.5. The van der Waals surface area contributed by atoms with E-state index in [1.54, 1.807) is 37.4 Å². The van der Waals surface area contributed by atoms with Crippen LogP contribution in [-0.4, -0.2) is 17.9 Å². The summed E-state index contributed by atoms with van der Waals surface area (Å²) in [4.78, 5) is 15.9. The monoisotopic (exact) mass is 262 g/mol. The van der Waals surface area contributed by atoms with Crippen LogP contribution < -0.4 is 5.32 Å². The summed E-state index contributed by atoms with van der Waals surface area (Å²) in [5, 5.41) is 3.19. The van der Waals surface area contributed by atoms with Gasteiger partial charge in [-0.1, -0.05) is 18.2 Å². The van der Waals surface area contributed by atoms with Crippen molar-refractivity contribution in [2.45, 2.75) is 0 Å². The molecule has 0 aliphatic rings. The number of benzene rings is 1. The average Bonchev–Trinajstić information content (AvgIpc) is 2.86. The van der Waals surface area contributed by atoms with Gasteiger partial charge in [-0.15, -0.1) is 11.3 Å². The summed E-state index contributed by atoms with van der Waals surface area (Å²) in [6.07, 6.45) is 4.84. The highest BCUT2D eigenvalue weighted by Gasteiger charge is 2.06. The summed E-state index contributed by atoms with van der Waals surface area (Å²) in [5.41, 5.74) is 0.495. The molecule has 2 aromatic rings. The number of aromatic nitrogens is 1. The smallest absolute Gasteiger partial charge is 0.262 e. The Morgan fingerprint density at radius 1 is 1.39 bits per heavy atom. The van der Waals surface area contributed by atoms with Crippen molar-refractivity contribution in [2.24, 2.45) is 0 Å². The number of halogens is 1. The Morgan fingerprint density at radius 2 is 2.17 bits per heavy atom. The second kappa shape index (κ2) is 5.55. The fraction of sp³-hybridized carbons (Fsp3) is 0.0769. The van der Waals surface area contributed by atoms with Gasteiger partial charge in [-0.05, 0) is 18.2 Å². The number of nitrogens with one attached hydrogen (secondary N) is 1. The van der Waals surface area contributed by atoms with Gasteiger partial charge in [0.1, 0.15) is 15.7 Å². The molecule has 0 unspecified atom stereocenters. The highest BCUT2D eigenvalue weighted by molar-refractivity contribution is 7.14. The molecular formula is C13H11FN2OS. The van der Waals surface area contributed by atoms with E-state index in [9.17, 15) is 9.18 Å². The number of nitrogens with zero attached hydrogens (tertiary/aromatic N) is 1. The minimum absolute atomic E-state index is 0.168. The molecule has 0 aliphatic carbocycles. The molecule has 1 heterocycles. The van der Waals surface area contributed by atoms with Crippen LogP contribution in [0.3, 0.4) is 0 Å². The van der Waals surface area contributed by atoms with Gasteiger partial charge in [0.15, 0.2) is 0 Å². The maximum Gasteiger partial charge on any atom is 0.262 e. The molecule has 1 amide bonds. The lowest BCUT2D eigenvalue weighted by Gasteiger charge is -1.93. The van der Waals surface area contributed by atoms with Crippen LogP contribution in [0.1, 0.15) is 20.2 Å². The molecule has 0 saturated carbocycles. The van der Waals surface area contributed by atoms with Gasteiger partial charge < -0.3 is 5.32 Å². The summed E-state index contributed by atoms with van der Waals surface area (Å²) < 4.78 is 13.3. The van der Waals surface area contributed by atoms with Crippen LogP contribution in [0.5, 0.6) is 0 Å². The molecule has 0 aliphatic heterocycles. The Bertz CT molecular complexity index is 592. The Balaban J connectivity index is 2.17. The molecule has 1 N–H and O–H groups in total. The third-order valence-corrected chi connectivity index (χ3v) is 3.25. The van der Waals surface area contributed by atoms with Crippen molar-refractivity contribution in [1.29, 1.82) is 0 Å². The molecule has 3 nitrogen and oxygen atoms in total. The predicted molar refractivity (Wildman–Crippen MR) is 70.8 cm³/mol. The van der Waals surface area contributed by atoms with E-state index in [0.29, 0.717) is 15.4 Å².